The second-order valence-electron chi connectivity index (χ2n) is 6.57. The molecule has 2 aromatic rings. The van der Waals surface area contributed by atoms with E-state index in [2.05, 4.69) is 25.9 Å². The smallest absolute Gasteiger partial charge is 0.210 e. The van der Waals surface area contributed by atoms with Crippen molar-refractivity contribution in [2.75, 3.05) is 32.1 Å². The summed E-state index contributed by atoms with van der Waals surface area (Å²) in [4.78, 5) is 4.36. The van der Waals surface area contributed by atoms with Crippen LogP contribution < -0.4 is 9.80 Å². The molecule has 0 amide bonds. The molecule has 4 nitrogen and oxygen atoms in total. The molecule has 0 spiro atoms. The van der Waals surface area contributed by atoms with E-state index in [4.69, 9.17) is 0 Å². The van der Waals surface area contributed by atoms with Crippen LogP contribution in [0.1, 0.15) is 6.92 Å². The topological polar surface area (TPSA) is 41.8 Å². The van der Waals surface area contributed by atoms with E-state index in [9.17, 15) is 8.42 Å². The van der Waals surface area contributed by atoms with Crippen LogP contribution in [0.25, 0.3) is 0 Å². The number of nitrogens with zero attached hydrogens (tertiary/aromatic N) is 1. The number of fused-ring (bicyclic) bond motifs is 2. The van der Waals surface area contributed by atoms with Gasteiger partial charge < -0.3 is 9.80 Å². The van der Waals surface area contributed by atoms with Crippen molar-refractivity contribution >= 4 is 21.2 Å². The van der Waals surface area contributed by atoms with Crippen LogP contribution in [0.3, 0.4) is 0 Å². The zero-order valence-corrected chi connectivity index (χ0v) is 14.6. The van der Waals surface area contributed by atoms with E-state index in [1.54, 1.807) is 24.3 Å². The third kappa shape index (κ3) is 2.86. The number of hydrogen-bond donors (Lipinski definition) is 1. The highest BCUT2D eigenvalue weighted by molar-refractivity contribution is 7.92. The van der Waals surface area contributed by atoms with E-state index in [0.29, 0.717) is 15.7 Å². The van der Waals surface area contributed by atoms with Gasteiger partial charge in [0.2, 0.25) is 9.84 Å². The molecule has 0 bridgehead atoms. The maximum atomic E-state index is 12.9. The van der Waals surface area contributed by atoms with E-state index in [-0.39, 0.29) is 0 Å². The Bertz CT molecular complexity index is 762. The predicted molar refractivity (Wildman–Crippen MR) is 92.2 cm³/mol. The number of benzene rings is 2. The summed E-state index contributed by atoms with van der Waals surface area (Å²) in [6.07, 6.45) is 0. The molecular formula is C18H23N2O2S+. The van der Waals surface area contributed by atoms with Crippen LogP contribution >= 0.6 is 0 Å². The van der Waals surface area contributed by atoms with Crippen molar-refractivity contribution in [1.82, 2.24) is 0 Å². The quantitative estimate of drug-likeness (QED) is 0.928. The molecule has 1 heterocycles. The van der Waals surface area contributed by atoms with Crippen molar-refractivity contribution < 1.29 is 13.3 Å². The van der Waals surface area contributed by atoms with E-state index < -0.39 is 9.84 Å². The molecule has 1 aliphatic rings. The fourth-order valence-corrected chi connectivity index (χ4v) is 4.99. The van der Waals surface area contributed by atoms with Gasteiger partial charge in [0, 0.05) is 12.5 Å². The molecule has 0 radical (unpaired) electrons. The van der Waals surface area contributed by atoms with Crippen LogP contribution in [0, 0.1) is 5.92 Å². The Morgan fingerprint density at radius 2 is 1.43 bits per heavy atom. The molecule has 1 atom stereocenters. The Morgan fingerprint density at radius 1 is 0.957 bits per heavy atom. The van der Waals surface area contributed by atoms with E-state index in [1.807, 2.05) is 24.3 Å². The highest BCUT2D eigenvalue weighted by Crippen LogP contribution is 2.43. The summed E-state index contributed by atoms with van der Waals surface area (Å²) in [7, 11) is 0.836. The first-order chi connectivity index (χ1) is 10.9. The largest absolute Gasteiger partial charge is 0.340 e. The zero-order valence-electron chi connectivity index (χ0n) is 13.8. The minimum absolute atomic E-state index is 0.406. The first-order valence-electron chi connectivity index (χ1n) is 7.91. The monoisotopic (exact) mass is 331 g/mol. The van der Waals surface area contributed by atoms with Crippen molar-refractivity contribution in [2.24, 2.45) is 5.92 Å². The van der Waals surface area contributed by atoms with Crippen LogP contribution in [-0.2, 0) is 9.84 Å². The van der Waals surface area contributed by atoms with Crippen molar-refractivity contribution in [2.45, 2.75) is 16.7 Å². The lowest BCUT2D eigenvalue weighted by molar-refractivity contribution is -0.861. The molecule has 0 saturated carbocycles. The molecule has 2 aromatic carbocycles. The molecule has 1 aliphatic heterocycles. The summed E-state index contributed by atoms with van der Waals surface area (Å²) in [6, 6.07) is 14.6. The van der Waals surface area contributed by atoms with Crippen LogP contribution in [0.2, 0.25) is 0 Å². The number of nitrogens with one attached hydrogen (secondary N) is 1. The zero-order chi connectivity index (χ0) is 16.6. The van der Waals surface area contributed by atoms with Gasteiger partial charge in [0.25, 0.3) is 0 Å². The Kier molecular flexibility index (Phi) is 4.17. The van der Waals surface area contributed by atoms with Crippen LogP contribution in [0.4, 0.5) is 11.4 Å². The second-order valence-corrected chi connectivity index (χ2v) is 8.45. The molecule has 0 saturated heterocycles. The van der Waals surface area contributed by atoms with Crippen LogP contribution in [0.15, 0.2) is 58.3 Å². The Morgan fingerprint density at radius 3 is 1.91 bits per heavy atom. The lowest BCUT2D eigenvalue weighted by atomic mass is 10.1. The highest BCUT2D eigenvalue weighted by Gasteiger charge is 2.34. The average molecular weight is 331 g/mol. The van der Waals surface area contributed by atoms with Crippen molar-refractivity contribution in [3.05, 3.63) is 48.5 Å². The summed E-state index contributed by atoms with van der Waals surface area (Å²) in [5.41, 5.74) is 1.57. The van der Waals surface area contributed by atoms with Crippen molar-refractivity contribution in [1.29, 1.82) is 0 Å². The highest BCUT2D eigenvalue weighted by atomic mass is 32.2. The van der Waals surface area contributed by atoms with Gasteiger partial charge in [-0.3, -0.25) is 0 Å². The molecule has 122 valence electrons. The molecule has 1 N–H and O–H groups in total. The second kappa shape index (κ2) is 5.98. The Hall–Kier alpha value is -1.85. The number of quaternary nitrogens is 1. The molecule has 0 aromatic heterocycles. The number of anilines is 2. The van der Waals surface area contributed by atoms with Crippen molar-refractivity contribution in [3.63, 3.8) is 0 Å². The van der Waals surface area contributed by atoms with Crippen molar-refractivity contribution in [3.8, 4) is 0 Å². The molecular weight excluding hydrogens is 308 g/mol. The number of rotatable bonds is 4. The first-order valence-corrected chi connectivity index (χ1v) is 9.39. The summed E-state index contributed by atoms with van der Waals surface area (Å²) >= 11 is 0. The Labute approximate surface area is 138 Å². The van der Waals surface area contributed by atoms with Gasteiger partial charge in [-0.1, -0.05) is 31.2 Å². The lowest BCUT2D eigenvalue weighted by Crippen LogP contribution is -3.06. The van der Waals surface area contributed by atoms with Gasteiger partial charge in [0.05, 0.1) is 41.8 Å². The molecule has 3 rings (SSSR count). The molecule has 0 aliphatic carbocycles. The van der Waals surface area contributed by atoms with Gasteiger partial charge in [-0.15, -0.1) is 0 Å². The molecule has 0 unspecified atom stereocenters. The third-order valence-electron chi connectivity index (χ3n) is 4.14. The number of para-hydroxylation sites is 2. The SMILES string of the molecule is C[C@@H](CN1c2ccccc2S(=O)(=O)c2ccccc21)C[NH+](C)C. The van der Waals surface area contributed by atoms with E-state index in [0.717, 1.165) is 24.5 Å². The molecule has 5 heteroatoms. The third-order valence-corrected chi connectivity index (χ3v) is 5.99. The van der Waals surface area contributed by atoms with E-state index >= 15 is 0 Å². The van der Waals surface area contributed by atoms with Gasteiger partial charge in [0.15, 0.2) is 0 Å². The van der Waals surface area contributed by atoms with Gasteiger partial charge in [-0.2, -0.15) is 0 Å². The van der Waals surface area contributed by atoms with Gasteiger partial charge in [0.1, 0.15) is 0 Å². The standard InChI is InChI=1S/C18H22N2O2S/c1-14(12-19(2)3)13-20-15-8-4-6-10-17(15)23(21,22)18-11-7-5-9-16(18)20/h4-11,14H,12-13H2,1-3H3/p+1/t14-/m1/s1. The summed E-state index contributed by atoms with van der Waals surface area (Å²) in [5, 5.41) is 0. The maximum absolute atomic E-state index is 12.9. The minimum Gasteiger partial charge on any atom is -0.340 e. The van der Waals surface area contributed by atoms with Crippen LogP contribution in [-0.4, -0.2) is 35.6 Å². The number of sulfone groups is 1. The van der Waals surface area contributed by atoms with Crippen LogP contribution in [0.5, 0.6) is 0 Å². The van der Waals surface area contributed by atoms with Gasteiger partial charge in [-0.05, 0) is 24.3 Å². The summed E-state index contributed by atoms with van der Waals surface area (Å²) in [5.74, 6) is 0.446. The average Bonchev–Trinajstić information content (AvgIpc) is 2.51. The fraction of sp³-hybridized carbons (Fsp3) is 0.333. The normalized spacial score (nSPS) is 16.8. The van der Waals surface area contributed by atoms with Gasteiger partial charge >= 0.3 is 0 Å². The summed E-state index contributed by atoms with van der Waals surface area (Å²) in [6.45, 7) is 4.05. The van der Waals surface area contributed by atoms with E-state index in [1.165, 1.54) is 4.90 Å². The predicted octanol–water partition coefficient (Wildman–Crippen LogP) is 1.75. The molecule has 23 heavy (non-hydrogen) atoms. The maximum Gasteiger partial charge on any atom is 0.210 e. The first kappa shape index (κ1) is 16.0. The number of hydrogen-bond acceptors (Lipinski definition) is 3. The fourth-order valence-electron chi connectivity index (χ4n) is 3.33. The Balaban J connectivity index is 2.11. The minimum atomic E-state index is -3.44. The molecule has 0 fully saturated rings. The lowest BCUT2D eigenvalue weighted by Gasteiger charge is -2.34. The van der Waals surface area contributed by atoms with Gasteiger partial charge in [-0.25, -0.2) is 8.42 Å². The summed E-state index contributed by atoms with van der Waals surface area (Å²) < 4.78 is 25.7.